The smallest absolute Gasteiger partial charge is 0.417 e. The molecule has 0 aliphatic heterocycles. The minimum absolute atomic E-state index is 0.139. The summed E-state index contributed by atoms with van der Waals surface area (Å²) in [6, 6.07) is 19.0. The van der Waals surface area contributed by atoms with E-state index in [1.807, 2.05) is 0 Å². The van der Waals surface area contributed by atoms with Crippen molar-refractivity contribution in [2.75, 3.05) is 0 Å². The van der Waals surface area contributed by atoms with Crippen LogP contribution in [0, 0.1) is 11.8 Å². The normalized spacial score (nSPS) is 11.5. The van der Waals surface area contributed by atoms with Gasteiger partial charge in [0, 0.05) is 22.9 Å². The molecular weight excluding hydrogens is 574 g/mol. The van der Waals surface area contributed by atoms with E-state index in [1.54, 1.807) is 18.2 Å². The maximum atomic E-state index is 14.0. The summed E-state index contributed by atoms with van der Waals surface area (Å²) in [4.78, 5) is 26.9. The van der Waals surface area contributed by atoms with Crippen LogP contribution in [0.5, 0.6) is 5.75 Å². The fraction of sp³-hybridized carbons (Fsp3) is 0.0968. The van der Waals surface area contributed by atoms with E-state index in [0.717, 1.165) is 18.2 Å². The van der Waals surface area contributed by atoms with Crippen LogP contribution in [0.25, 0.3) is 22.8 Å². The molecule has 0 saturated carbocycles. The van der Waals surface area contributed by atoms with Gasteiger partial charge in [-0.05, 0) is 66.7 Å². The van der Waals surface area contributed by atoms with Gasteiger partial charge in [0.2, 0.25) is 0 Å². The second-order valence-electron chi connectivity index (χ2n) is 9.02. The highest BCUT2D eigenvalue weighted by atomic mass is 19.4. The lowest BCUT2D eigenvalue weighted by molar-refractivity contribution is -0.138. The molecule has 2 heterocycles. The molecule has 0 saturated heterocycles. The average Bonchev–Trinajstić information content (AvgIpc) is 2.98. The molecule has 6 nitrogen and oxygen atoms in total. The third-order valence-corrected chi connectivity index (χ3v) is 6.00. The first-order chi connectivity index (χ1) is 20.5. The molecule has 0 spiro atoms. The number of H-pyrrole nitrogens is 1. The number of hydrogen-bond donors (Lipinski definition) is 1. The monoisotopic (exact) mass is 592 g/mol. The topological polar surface area (TPSA) is 80.8 Å². The number of pyridine rings is 1. The quantitative estimate of drug-likeness (QED) is 0.177. The Balaban J connectivity index is 1.48. The molecule has 2 aromatic heterocycles. The average molecular weight is 592 g/mol. The van der Waals surface area contributed by atoms with E-state index in [2.05, 4.69) is 31.8 Å². The predicted molar refractivity (Wildman–Crippen MR) is 145 cm³/mol. The lowest BCUT2D eigenvalue weighted by Gasteiger charge is -2.17. The Labute approximate surface area is 240 Å². The molecule has 0 fully saturated rings. The number of hydrogen-bond acceptors (Lipinski definition) is 5. The van der Waals surface area contributed by atoms with E-state index in [1.165, 1.54) is 54.7 Å². The Kier molecular flexibility index (Phi) is 7.98. The number of aromatic nitrogens is 4. The van der Waals surface area contributed by atoms with E-state index in [4.69, 9.17) is 4.74 Å². The number of ether oxygens (including phenoxy) is 1. The van der Waals surface area contributed by atoms with Crippen LogP contribution in [0.4, 0.5) is 26.3 Å². The highest BCUT2D eigenvalue weighted by molar-refractivity contribution is 5.71. The summed E-state index contributed by atoms with van der Waals surface area (Å²) in [5.41, 5.74) is -1.97. The van der Waals surface area contributed by atoms with Gasteiger partial charge < -0.3 is 4.74 Å². The van der Waals surface area contributed by atoms with Gasteiger partial charge in [-0.3, -0.25) is 9.97 Å². The van der Waals surface area contributed by atoms with Crippen molar-refractivity contribution in [3.05, 3.63) is 130 Å². The number of alkyl halides is 6. The molecule has 5 rings (SSSR count). The standard InChI is InChI=1S/C31H18F6N4O2/c32-30(33,34)22-6-3-5-20(17-22)11-10-19-12-14-21(15-13-19)27-39-28(41-29(42)40-27)26-24(31(35,36)37)8-4-9-25(26)43-18-23-7-1-2-16-38-23/h1-9,12-17H,18H2,(H,39,40,41,42). The number of halogens is 6. The van der Waals surface area contributed by atoms with Crippen LogP contribution in [0.1, 0.15) is 27.9 Å². The summed E-state index contributed by atoms with van der Waals surface area (Å²) in [6.07, 6.45) is -7.79. The van der Waals surface area contributed by atoms with Crippen LogP contribution in [0.3, 0.4) is 0 Å². The summed E-state index contributed by atoms with van der Waals surface area (Å²) in [7, 11) is 0. The maximum absolute atomic E-state index is 14.0. The van der Waals surface area contributed by atoms with Crippen molar-refractivity contribution in [1.82, 2.24) is 19.9 Å². The van der Waals surface area contributed by atoms with Gasteiger partial charge in [0.1, 0.15) is 18.2 Å². The van der Waals surface area contributed by atoms with Crippen LogP contribution in [-0.2, 0) is 19.0 Å². The largest absolute Gasteiger partial charge is 0.487 e. The molecule has 43 heavy (non-hydrogen) atoms. The third-order valence-electron chi connectivity index (χ3n) is 6.00. The van der Waals surface area contributed by atoms with Crippen molar-refractivity contribution in [3.63, 3.8) is 0 Å². The SMILES string of the molecule is O=c1nc(-c2ccc(C#Cc3cccc(C(F)(F)F)c3)cc2)nc(-c2c(OCc3ccccn3)cccc2C(F)(F)F)[nH]1. The Bertz CT molecular complexity index is 1870. The van der Waals surface area contributed by atoms with Gasteiger partial charge in [-0.1, -0.05) is 30.0 Å². The number of benzene rings is 3. The molecule has 0 atom stereocenters. The van der Waals surface area contributed by atoms with Gasteiger partial charge in [-0.2, -0.15) is 31.3 Å². The molecule has 3 aromatic carbocycles. The Morgan fingerprint density at radius 1 is 0.767 bits per heavy atom. The number of nitrogens with one attached hydrogen (secondary N) is 1. The fourth-order valence-electron chi connectivity index (χ4n) is 4.02. The van der Waals surface area contributed by atoms with Crippen LogP contribution < -0.4 is 10.4 Å². The van der Waals surface area contributed by atoms with Crippen LogP contribution in [-0.4, -0.2) is 19.9 Å². The summed E-state index contributed by atoms with van der Waals surface area (Å²) in [6.45, 7) is -0.139. The molecule has 1 N–H and O–H groups in total. The summed E-state index contributed by atoms with van der Waals surface area (Å²) >= 11 is 0. The molecular formula is C31H18F6N4O2. The zero-order valence-electron chi connectivity index (χ0n) is 21.8. The van der Waals surface area contributed by atoms with E-state index in [-0.39, 0.29) is 29.3 Å². The van der Waals surface area contributed by atoms with Crippen molar-refractivity contribution in [3.8, 4) is 40.4 Å². The Hall–Kier alpha value is -5.44. The lowest BCUT2D eigenvalue weighted by Crippen LogP contribution is -2.17. The first-order valence-electron chi connectivity index (χ1n) is 12.5. The van der Waals surface area contributed by atoms with Gasteiger partial charge in [0.25, 0.3) is 0 Å². The number of aromatic amines is 1. The van der Waals surface area contributed by atoms with Crippen molar-refractivity contribution >= 4 is 0 Å². The summed E-state index contributed by atoms with van der Waals surface area (Å²) < 4.78 is 86.7. The second-order valence-corrected chi connectivity index (χ2v) is 9.02. The van der Waals surface area contributed by atoms with E-state index < -0.39 is 40.6 Å². The lowest BCUT2D eigenvalue weighted by atomic mass is 10.0. The highest BCUT2D eigenvalue weighted by Crippen LogP contribution is 2.41. The summed E-state index contributed by atoms with van der Waals surface area (Å²) in [5.74, 6) is 4.66. The van der Waals surface area contributed by atoms with Gasteiger partial charge in [-0.25, -0.2) is 9.78 Å². The fourth-order valence-corrected chi connectivity index (χ4v) is 4.02. The zero-order chi connectivity index (χ0) is 30.6. The Morgan fingerprint density at radius 2 is 1.51 bits per heavy atom. The van der Waals surface area contributed by atoms with Gasteiger partial charge in [-0.15, -0.1) is 0 Å². The number of nitrogens with zero attached hydrogens (tertiary/aromatic N) is 3. The third kappa shape index (κ3) is 7.08. The Morgan fingerprint density at radius 3 is 2.21 bits per heavy atom. The van der Waals surface area contributed by atoms with Gasteiger partial charge >= 0.3 is 18.0 Å². The molecule has 216 valence electrons. The minimum atomic E-state index is -4.80. The highest BCUT2D eigenvalue weighted by Gasteiger charge is 2.36. The van der Waals surface area contributed by atoms with Gasteiger partial charge in [0.05, 0.1) is 22.4 Å². The molecule has 5 aromatic rings. The molecule has 0 aliphatic carbocycles. The van der Waals surface area contributed by atoms with Crippen LogP contribution in [0.2, 0.25) is 0 Å². The van der Waals surface area contributed by atoms with Crippen LogP contribution in [0.15, 0.2) is 95.9 Å². The van der Waals surface area contributed by atoms with E-state index in [0.29, 0.717) is 11.3 Å². The minimum Gasteiger partial charge on any atom is -0.487 e. The summed E-state index contributed by atoms with van der Waals surface area (Å²) in [5, 5.41) is 0. The maximum Gasteiger partial charge on any atom is 0.417 e. The molecule has 0 unspecified atom stereocenters. The second kappa shape index (κ2) is 11.8. The first-order valence-corrected chi connectivity index (χ1v) is 12.5. The van der Waals surface area contributed by atoms with E-state index >= 15 is 0 Å². The first kappa shape index (κ1) is 29.1. The van der Waals surface area contributed by atoms with E-state index in [9.17, 15) is 31.1 Å². The van der Waals surface area contributed by atoms with Crippen molar-refractivity contribution in [2.45, 2.75) is 19.0 Å². The molecule has 12 heteroatoms. The van der Waals surface area contributed by atoms with Crippen molar-refractivity contribution in [1.29, 1.82) is 0 Å². The molecule has 0 amide bonds. The van der Waals surface area contributed by atoms with Gasteiger partial charge in [0.15, 0.2) is 5.82 Å². The predicted octanol–water partition coefficient (Wildman–Crippen LogP) is 6.91. The number of rotatable bonds is 5. The molecule has 0 aliphatic rings. The zero-order valence-corrected chi connectivity index (χ0v) is 21.8. The van der Waals surface area contributed by atoms with Crippen molar-refractivity contribution < 1.29 is 31.1 Å². The molecule has 0 radical (unpaired) electrons. The van der Waals surface area contributed by atoms with Crippen LogP contribution >= 0.6 is 0 Å². The molecule has 0 bridgehead atoms. The van der Waals surface area contributed by atoms with Crippen molar-refractivity contribution in [2.24, 2.45) is 0 Å².